The van der Waals surface area contributed by atoms with Crippen molar-refractivity contribution in [3.63, 3.8) is 0 Å². The van der Waals surface area contributed by atoms with Crippen LogP contribution in [0.25, 0.3) is 0 Å². The first-order valence-electron chi connectivity index (χ1n) is 13.4. The Morgan fingerprint density at radius 2 is 1.24 bits per heavy atom. The number of esters is 1. The van der Waals surface area contributed by atoms with Crippen molar-refractivity contribution in [3.8, 4) is 0 Å². The average Bonchev–Trinajstić information content (AvgIpc) is 2.76. The molecule has 0 aromatic rings. The monoisotopic (exact) mass is 509 g/mol. The Labute approximate surface area is 207 Å². The molecule has 9 heteroatoms. The molecule has 0 bridgehead atoms. The highest BCUT2D eigenvalue weighted by molar-refractivity contribution is 7.46. The van der Waals surface area contributed by atoms with Crippen LogP contribution in [0.4, 0.5) is 0 Å². The molecule has 2 unspecified atom stereocenters. The normalized spacial score (nSPS) is 13.7. The fourth-order valence-corrected chi connectivity index (χ4v) is 4.34. The highest BCUT2D eigenvalue weighted by Gasteiger charge is 2.21. The molecule has 0 amide bonds. The lowest BCUT2D eigenvalue weighted by Gasteiger charge is -2.21. The van der Waals surface area contributed by atoms with Gasteiger partial charge in [0.15, 0.2) is 0 Å². The fraction of sp³-hybridized carbons (Fsp3) is 0.960. The van der Waals surface area contributed by atoms with E-state index in [-0.39, 0.29) is 19.6 Å². The SMILES string of the molecule is CCCCCCCCCCCCCCCCCCOCC(CC(N)COP(=O)(O)O)OC(C)=O. The van der Waals surface area contributed by atoms with Crippen molar-refractivity contribution in [1.29, 1.82) is 0 Å². The summed E-state index contributed by atoms with van der Waals surface area (Å²) in [4.78, 5) is 28.8. The van der Waals surface area contributed by atoms with Crippen molar-refractivity contribution in [2.24, 2.45) is 5.73 Å². The Kier molecular flexibility index (Phi) is 22.6. The number of unbranched alkanes of at least 4 members (excludes halogenated alkanes) is 15. The summed E-state index contributed by atoms with van der Waals surface area (Å²) < 4.78 is 26.0. The number of carbonyl (C=O) groups is 1. The van der Waals surface area contributed by atoms with Gasteiger partial charge in [0.1, 0.15) is 6.10 Å². The fourth-order valence-electron chi connectivity index (χ4n) is 3.95. The van der Waals surface area contributed by atoms with Crippen LogP contribution in [0, 0.1) is 0 Å². The van der Waals surface area contributed by atoms with E-state index in [9.17, 15) is 9.36 Å². The smallest absolute Gasteiger partial charge is 0.460 e. The average molecular weight is 510 g/mol. The van der Waals surface area contributed by atoms with Crippen molar-refractivity contribution in [2.75, 3.05) is 19.8 Å². The first kappa shape index (κ1) is 33.5. The first-order valence-corrected chi connectivity index (χ1v) is 15.0. The predicted molar refractivity (Wildman–Crippen MR) is 137 cm³/mol. The maximum absolute atomic E-state index is 11.3. The predicted octanol–water partition coefficient (Wildman–Crippen LogP) is 6.02. The maximum atomic E-state index is 11.3. The van der Waals surface area contributed by atoms with Gasteiger partial charge in [0.25, 0.3) is 0 Å². The summed E-state index contributed by atoms with van der Waals surface area (Å²) in [7, 11) is -4.57. The molecule has 0 spiro atoms. The van der Waals surface area contributed by atoms with Crippen molar-refractivity contribution in [3.05, 3.63) is 0 Å². The van der Waals surface area contributed by atoms with Gasteiger partial charge in [0.2, 0.25) is 0 Å². The summed E-state index contributed by atoms with van der Waals surface area (Å²) in [6, 6.07) is -0.670. The topological polar surface area (TPSA) is 128 Å². The Morgan fingerprint density at radius 1 is 0.794 bits per heavy atom. The van der Waals surface area contributed by atoms with Gasteiger partial charge in [-0.15, -0.1) is 0 Å². The van der Waals surface area contributed by atoms with Crippen molar-refractivity contribution >= 4 is 13.8 Å². The van der Waals surface area contributed by atoms with Gasteiger partial charge in [-0.25, -0.2) is 4.57 Å². The van der Waals surface area contributed by atoms with E-state index in [1.807, 2.05) is 0 Å². The number of phosphoric ester groups is 1. The Bertz CT molecular complexity index is 515. The molecule has 0 heterocycles. The molecule has 0 aliphatic rings. The molecule has 0 aliphatic carbocycles. The van der Waals surface area contributed by atoms with Crippen LogP contribution >= 0.6 is 7.82 Å². The van der Waals surface area contributed by atoms with Gasteiger partial charge in [0.05, 0.1) is 13.2 Å². The number of phosphoric acid groups is 1. The van der Waals surface area contributed by atoms with E-state index in [4.69, 9.17) is 25.0 Å². The molecule has 4 N–H and O–H groups in total. The third kappa shape index (κ3) is 26.1. The summed E-state index contributed by atoms with van der Waals surface area (Å²) in [5.74, 6) is -0.445. The van der Waals surface area contributed by atoms with E-state index in [1.165, 1.54) is 96.8 Å². The molecule has 0 aliphatic heterocycles. The van der Waals surface area contributed by atoms with Crippen molar-refractivity contribution in [2.45, 2.75) is 135 Å². The largest absolute Gasteiger partial charge is 0.469 e. The molecule has 204 valence electrons. The van der Waals surface area contributed by atoms with E-state index in [0.29, 0.717) is 6.61 Å². The Balaban J connectivity index is 3.57. The molecule has 34 heavy (non-hydrogen) atoms. The van der Waals surface area contributed by atoms with E-state index >= 15 is 0 Å². The van der Waals surface area contributed by atoms with Gasteiger partial charge >= 0.3 is 13.8 Å². The number of ether oxygens (including phenoxy) is 2. The molecule has 0 radical (unpaired) electrons. The first-order chi connectivity index (χ1) is 16.2. The highest BCUT2D eigenvalue weighted by atomic mass is 31.2. The molecule has 0 aromatic carbocycles. The second kappa shape index (κ2) is 22.9. The number of carbonyl (C=O) groups excluding carboxylic acids is 1. The molecule has 0 saturated carbocycles. The molecule has 0 aromatic heterocycles. The Hall–Kier alpha value is -0.500. The Morgan fingerprint density at radius 3 is 1.65 bits per heavy atom. The van der Waals surface area contributed by atoms with Gasteiger partial charge in [-0.3, -0.25) is 9.32 Å². The van der Waals surface area contributed by atoms with Crippen molar-refractivity contribution in [1.82, 2.24) is 0 Å². The van der Waals surface area contributed by atoms with Crippen LogP contribution in [-0.4, -0.2) is 47.7 Å². The minimum absolute atomic E-state index is 0.207. The van der Waals surface area contributed by atoms with Crippen LogP contribution < -0.4 is 5.73 Å². The van der Waals surface area contributed by atoms with Gasteiger partial charge in [-0.1, -0.05) is 103 Å². The molecular weight excluding hydrogens is 457 g/mol. The summed E-state index contributed by atoms with van der Waals surface area (Å²) in [5.41, 5.74) is 5.81. The van der Waals surface area contributed by atoms with Crippen molar-refractivity contribution < 1.29 is 33.1 Å². The van der Waals surface area contributed by atoms with E-state index in [1.54, 1.807) is 0 Å². The lowest BCUT2D eigenvalue weighted by atomic mass is 10.0. The minimum atomic E-state index is -4.57. The van der Waals surface area contributed by atoms with Crippen LogP contribution in [0.5, 0.6) is 0 Å². The van der Waals surface area contributed by atoms with Crippen LogP contribution in [0.3, 0.4) is 0 Å². The van der Waals surface area contributed by atoms with E-state index in [2.05, 4.69) is 11.4 Å². The number of rotatable bonds is 25. The minimum Gasteiger partial charge on any atom is -0.460 e. The summed E-state index contributed by atoms with van der Waals surface area (Å²) >= 11 is 0. The number of hydrogen-bond acceptors (Lipinski definition) is 6. The molecule has 0 saturated heterocycles. The molecule has 8 nitrogen and oxygen atoms in total. The summed E-state index contributed by atoms with van der Waals surface area (Å²) in [6.07, 6.45) is 20.7. The quantitative estimate of drug-likeness (QED) is 0.0774. The number of hydrogen-bond donors (Lipinski definition) is 3. The summed E-state index contributed by atoms with van der Waals surface area (Å²) in [5, 5.41) is 0. The third-order valence-corrected chi connectivity index (χ3v) is 6.29. The second-order valence-electron chi connectivity index (χ2n) is 9.39. The van der Waals surface area contributed by atoms with E-state index in [0.717, 1.165) is 12.8 Å². The second-order valence-corrected chi connectivity index (χ2v) is 10.6. The lowest BCUT2D eigenvalue weighted by molar-refractivity contribution is -0.150. The van der Waals surface area contributed by atoms with Gasteiger partial charge in [-0.05, 0) is 6.42 Å². The standard InChI is InChI=1S/C25H52NO7P/c1-3-4-5-6-7-8-9-10-11-12-13-14-15-16-17-18-19-31-22-25(33-23(2)27)20-24(26)21-32-34(28,29)30/h24-25H,3-22,26H2,1-2H3,(H2,28,29,30). The van der Waals surface area contributed by atoms with Crippen LogP contribution in [-0.2, 0) is 23.4 Å². The van der Waals surface area contributed by atoms with Gasteiger partial charge in [-0.2, -0.15) is 0 Å². The van der Waals surface area contributed by atoms with Crippen LogP contribution in [0.15, 0.2) is 0 Å². The van der Waals surface area contributed by atoms with Gasteiger partial charge in [0, 0.05) is 26.0 Å². The lowest BCUT2D eigenvalue weighted by Crippen LogP contribution is -2.34. The molecule has 0 rings (SSSR count). The molecule has 0 fully saturated rings. The maximum Gasteiger partial charge on any atom is 0.469 e. The molecular formula is C25H52NO7P. The zero-order valence-electron chi connectivity index (χ0n) is 21.8. The number of nitrogens with two attached hydrogens (primary N) is 1. The van der Waals surface area contributed by atoms with E-state index < -0.39 is 25.9 Å². The van der Waals surface area contributed by atoms with Crippen LogP contribution in [0.1, 0.15) is 123 Å². The zero-order chi connectivity index (χ0) is 25.5. The highest BCUT2D eigenvalue weighted by Crippen LogP contribution is 2.35. The van der Waals surface area contributed by atoms with Crippen LogP contribution in [0.2, 0.25) is 0 Å². The zero-order valence-corrected chi connectivity index (χ0v) is 22.7. The third-order valence-electron chi connectivity index (χ3n) is 5.80. The van der Waals surface area contributed by atoms with Gasteiger partial charge < -0.3 is 25.0 Å². The molecule has 2 atom stereocenters. The summed E-state index contributed by atoms with van der Waals surface area (Å²) in [6.45, 7) is 4.05.